The highest BCUT2D eigenvalue weighted by Crippen LogP contribution is 2.37. The zero-order valence-electron chi connectivity index (χ0n) is 17.8. The van der Waals surface area contributed by atoms with E-state index in [9.17, 15) is 4.79 Å². The number of hydrogen-bond donors (Lipinski definition) is 2. The molecule has 11 heteroatoms. The number of nitrogens with zero attached hydrogens (tertiary/aromatic N) is 1. The maximum atomic E-state index is 12.8. The first-order chi connectivity index (χ1) is 16.8. The molecule has 2 heterocycles. The van der Waals surface area contributed by atoms with E-state index in [1.165, 1.54) is 11.3 Å². The van der Waals surface area contributed by atoms with Crippen molar-refractivity contribution >= 4 is 101 Å². The summed E-state index contributed by atoms with van der Waals surface area (Å²) < 4.78 is 12.8. The largest absolute Gasteiger partial charge is 0.496 e. The van der Waals surface area contributed by atoms with Crippen molar-refractivity contribution in [3.63, 3.8) is 0 Å². The lowest BCUT2D eigenvalue weighted by Gasteiger charge is -2.08. The van der Waals surface area contributed by atoms with Crippen molar-refractivity contribution in [1.82, 2.24) is 10.3 Å². The number of hydrogen-bond acceptors (Lipinski definition) is 6. The van der Waals surface area contributed by atoms with Crippen LogP contribution in [0.4, 0.5) is 5.69 Å². The summed E-state index contributed by atoms with van der Waals surface area (Å²) in [6.07, 6.45) is 0. The summed E-state index contributed by atoms with van der Waals surface area (Å²) in [5, 5.41) is 7.51. The van der Waals surface area contributed by atoms with Crippen LogP contribution in [0, 0.1) is 0 Å². The van der Waals surface area contributed by atoms with E-state index >= 15 is 0 Å². The molecule has 0 unspecified atom stereocenters. The van der Waals surface area contributed by atoms with Gasteiger partial charge in [0.1, 0.15) is 16.1 Å². The number of nitrogens with one attached hydrogen (secondary N) is 2. The van der Waals surface area contributed by atoms with E-state index in [-0.39, 0.29) is 5.11 Å². The van der Waals surface area contributed by atoms with Crippen molar-refractivity contribution in [3.8, 4) is 17.2 Å². The third-order valence-corrected chi connectivity index (χ3v) is 7.78. The molecule has 0 aliphatic heterocycles. The van der Waals surface area contributed by atoms with Gasteiger partial charge >= 0.3 is 0 Å². The van der Waals surface area contributed by atoms with E-state index in [4.69, 9.17) is 44.6 Å². The van der Waals surface area contributed by atoms with E-state index in [0.717, 1.165) is 20.1 Å². The first kappa shape index (κ1) is 24.0. The maximum absolute atomic E-state index is 12.8. The van der Waals surface area contributed by atoms with Gasteiger partial charge in [0.25, 0.3) is 5.91 Å². The Morgan fingerprint density at radius 2 is 1.97 bits per heavy atom. The number of thiophene rings is 1. The average Bonchev–Trinajstić information content (AvgIpc) is 3.39. The van der Waals surface area contributed by atoms with E-state index < -0.39 is 5.91 Å². The van der Waals surface area contributed by atoms with Crippen LogP contribution in [0.2, 0.25) is 10.0 Å². The SMILES string of the molecule is COc1ccc(-c2nc3cc(NC(=S)NC(=O)c4sc5cc(Cl)ccc5c4Cl)ccc3o2)cc1Br. The molecule has 0 aliphatic rings. The summed E-state index contributed by atoms with van der Waals surface area (Å²) in [5.41, 5.74) is 2.69. The number of thiocarbonyl (C=S) groups is 1. The molecular formula is C24H14BrCl2N3O3S2. The zero-order valence-corrected chi connectivity index (χ0v) is 22.5. The van der Waals surface area contributed by atoms with Crippen LogP contribution in [0.1, 0.15) is 9.67 Å². The normalized spacial score (nSPS) is 11.1. The van der Waals surface area contributed by atoms with Gasteiger partial charge in [0.05, 0.1) is 16.6 Å². The highest BCUT2D eigenvalue weighted by Gasteiger charge is 2.19. The fourth-order valence-corrected chi connectivity index (χ4v) is 5.87. The topological polar surface area (TPSA) is 76.4 Å². The minimum Gasteiger partial charge on any atom is -0.496 e. The molecular weight excluding hydrogens is 593 g/mol. The number of carbonyl (C=O) groups excluding carboxylic acids is 1. The van der Waals surface area contributed by atoms with Gasteiger partial charge in [-0.3, -0.25) is 10.1 Å². The fraction of sp³-hybridized carbons (Fsp3) is 0.0417. The lowest BCUT2D eigenvalue weighted by molar-refractivity contribution is 0.0982. The van der Waals surface area contributed by atoms with E-state index in [2.05, 4.69) is 31.5 Å². The molecule has 35 heavy (non-hydrogen) atoms. The number of oxazole rings is 1. The molecule has 3 aromatic carbocycles. The van der Waals surface area contributed by atoms with Gasteiger partial charge in [-0.2, -0.15) is 0 Å². The Labute approximate surface area is 227 Å². The molecule has 0 atom stereocenters. The summed E-state index contributed by atoms with van der Waals surface area (Å²) >= 11 is 22.5. The summed E-state index contributed by atoms with van der Waals surface area (Å²) in [7, 11) is 1.60. The Hall–Kier alpha value is -2.69. The van der Waals surface area contributed by atoms with E-state index in [1.807, 2.05) is 18.2 Å². The molecule has 0 saturated heterocycles. The Balaban J connectivity index is 1.32. The van der Waals surface area contributed by atoms with Gasteiger partial charge in [-0.15, -0.1) is 11.3 Å². The predicted octanol–water partition coefficient (Wildman–Crippen LogP) is 7.91. The summed E-state index contributed by atoms with van der Waals surface area (Å²) in [6, 6.07) is 16.2. The third-order valence-electron chi connectivity index (χ3n) is 5.07. The second-order valence-corrected chi connectivity index (χ2v) is 10.5. The highest BCUT2D eigenvalue weighted by atomic mass is 79.9. The average molecular weight is 607 g/mol. The number of carbonyl (C=O) groups is 1. The quantitative estimate of drug-likeness (QED) is 0.202. The first-order valence-corrected chi connectivity index (χ1v) is 12.8. The predicted molar refractivity (Wildman–Crippen MR) is 149 cm³/mol. The maximum Gasteiger partial charge on any atom is 0.269 e. The Morgan fingerprint density at radius 1 is 1.14 bits per heavy atom. The van der Waals surface area contributed by atoms with Crippen LogP contribution in [-0.4, -0.2) is 23.1 Å². The molecule has 6 nitrogen and oxygen atoms in total. The van der Waals surface area contributed by atoms with Crippen LogP contribution in [0.25, 0.3) is 32.6 Å². The molecule has 0 aliphatic carbocycles. The zero-order chi connectivity index (χ0) is 24.7. The smallest absolute Gasteiger partial charge is 0.269 e. The number of anilines is 1. The molecule has 5 aromatic rings. The van der Waals surface area contributed by atoms with E-state index in [1.54, 1.807) is 43.5 Å². The molecule has 0 spiro atoms. The number of halogens is 3. The van der Waals surface area contributed by atoms with E-state index in [0.29, 0.717) is 43.3 Å². The van der Waals surface area contributed by atoms with Crippen molar-refractivity contribution in [1.29, 1.82) is 0 Å². The van der Waals surface area contributed by atoms with Gasteiger partial charge in [-0.25, -0.2) is 4.98 Å². The number of fused-ring (bicyclic) bond motifs is 2. The second-order valence-electron chi connectivity index (χ2n) is 7.34. The van der Waals surface area contributed by atoms with Gasteiger partial charge in [-0.05, 0) is 76.7 Å². The number of amides is 1. The summed E-state index contributed by atoms with van der Waals surface area (Å²) in [4.78, 5) is 17.7. The van der Waals surface area contributed by atoms with Crippen molar-refractivity contribution in [2.45, 2.75) is 0 Å². The third kappa shape index (κ3) is 4.87. The molecule has 0 bridgehead atoms. The van der Waals surface area contributed by atoms with Gasteiger partial charge in [0.15, 0.2) is 10.7 Å². The number of benzene rings is 3. The number of ether oxygens (including phenoxy) is 1. The minimum atomic E-state index is -0.403. The molecule has 2 aromatic heterocycles. The molecule has 176 valence electrons. The summed E-state index contributed by atoms with van der Waals surface area (Å²) in [5.74, 6) is 0.781. The van der Waals surface area contributed by atoms with Gasteiger partial charge in [-0.1, -0.05) is 29.3 Å². The van der Waals surface area contributed by atoms with Crippen LogP contribution in [-0.2, 0) is 0 Å². The molecule has 0 radical (unpaired) electrons. The standard InChI is InChI=1S/C24H14BrCl2N3O3S2/c1-32-17-6-2-11(8-15(17)25)23-29-16-10-13(4-7-18(16)33-23)28-24(34)30-22(31)21-20(27)14-5-3-12(26)9-19(14)35-21/h2-10H,1H3,(H2,28,30,31,34). The number of methoxy groups -OCH3 is 1. The number of rotatable bonds is 4. The molecule has 5 rings (SSSR count). The van der Waals surface area contributed by atoms with Crippen molar-refractivity contribution in [2.24, 2.45) is 0 Å². The molecule has 1 amide bonds. The lowest BCUT2D eigenvalue weighted by atomic mass is 10.2. The van der Waals surface area contributed by atoms with Crippen molar-refractivity contribution < 1.29 is 13.9 Å². The summed E-state index contributed by atoms with van der Waals surface area (Å²) in [6.45, 7) is 0. The Morgan fingerprint density at radius 3 is 2.74 bits per heavy atom. The van der Waals surface area contributed by atoms with Crippen molar-refractivity contribution in [2.75, 3.05) is 12.4 Å². The molecule has 2 N–H and O–H groups in total. The molecule has 0 fully saturated rings. The van der Waals surface area contributed by atoms with Gasteiger partial charge in [0.2, 0.25) is 5.89 Å². The minimum absolute atomic E-state index is 0.128. The van der Waals surface area contributed by atoms with Crippen LogP contribution >= 0.6 is 62.7 Å². The monoisotopic (exact) mass is 605 g/mol. The first-order valence-electron chi connectivity index (χ1n) is 10.1. The Bertz CT molecular complexity index is 1630. The highest BCUT2D eigenvalue weighted by molar-refractivity contribution is 9.10. The van der Waals surface area contributed by atoms with Gasteiger partial charge in [0, 0.05) is 26.4 Å². The molecule has 0 saturated carbocycles. The Kier molecular flexibility index (Phi) is 6.69. The second kappa shape index (κ2) is 9.75. The van der Waals surface area contributed by atoms with Gasteiger partial charge < -0.3 is 14.5 Å². The van der Waals surface area contributed by atoms with Crippen molar-refractivity contribution in [3.05, 3.63) is 74.0 Å². The fourth-order valence-electron chi connectivity index (χ4n) is 3.44. The number of aromatic nitrogens is 1. The van der Waals surface area contributed by atoms with Crippen LogP contribution in [0.5, 0.6) is 5.75 Å². The van der Waals surface area contributed by atoms with Crippen LogP contribution in [0.3, 0.4) is 0 Å². The van der Waals surface area contributed by atoms with Crippen LogP contribution in [0.15, 0.2) is 63.5 Å². The van der Waals surface area contributed by atoms with Crippen LogP contribution < -0.4 is 15.4 Å². The lowest BCUT2D eigenvalue weighted by Crippen LogP contribution is -2.33.